The van der Waals surface area contributed by atoms with Gasteiger partial charge in [-0.2, -0.15) is 0 Å². The Morgan fingerprint density at radius 3 is 2.39 bits per heavy atom. The Morgan fingerprint density at radius 2 is 1.91 bits per heavy atom. The molecule has 0 unspecified atom stereocenters. The van der Waals surface area contributed by atoms with Gasteiger partial charge >= 0.3 is 6.09 Å². The first-order chi connectivity index (χ1) is 10.5. The first-order valence-corrected chi connectivity index (χ1v) is 8.45. The highest BCUT2D eigenvalue weighted by atomic mass is 16.6. The van der Waals surface area contributed by atoms with Crippen LogP contribution >= 0.6 is 0 Å². The molecule has 0 heterocycles. The predicted molar refractivity (Wildman–Crippen MR) is 92.1 cm³/mol. The monoisotopic (exact) mass is 324 g/mol. The number of ether oxygens (including phenoxy) is 1. The Kier molecular flexibility index (Phi) is 6.66. The second-order valence-electron chi connectivity index (χ2n) is 7.57. The van der Waals surface area contributed by atoms with Crippen molar-refractivity contribution in [3.05, 3.63) is 12.2 Å². The van der Waals surface area contributed by atoms with Gasteiger partial charge in [0.1, 0.15) is 5.60 Å². The SMILES string of the molecule is C=C(C)[C@H]1CC[C@H](C(=O)N(C)CC)C[C@H]1NC(=O)OC(C)(C)C. The number of hydrogen-bond donors (Lipinski definition) is 1. The molecule has 5 heteroatoms. The molecule has 0 radical (unpaired) electrons. The van der Waals surface area contributed by atoms with E-state index in [2.05, 4.69) is 11.9 Å². The molecule has 1 saturated carbocycles. The molecule has 3 atom stereocenters. The third-order valence-electron chi connectivity index (χ3n) is 4.39. The van der Waals surface area contributed by atoms with Gasteiger partial charge in [0.05, 0.1) is 0 Å². The number of carbonyl (C=O) groups excluding carboxylic acids is 2. The van der Waals surface area contributed by atoms with E-state index in [4.69, 9.17) is 4.74 Å². The number of hydrogen-bond acceptors (Lipinski definition) is 3. The lowest BCUT2D eigenvalue weighted by molar-refractivity contribution is -0.135. The first kappa shape index (κ1) is 19.5. The van der Waals surface area contributed by atoms with Crippen LogP contribution in [0, 0.1) is 11.8 Å². The van der Waals surface area contributed by atoms with Gasteiger partial charge in [0.15, 0.2) is 0 Å². The van der Waals surface area contributed by atoms with Crippen molar-refractivity contribution in [3.63, 3.8) is 0 Å². The summed E-state index contributed by atoms with van der Waals surface area (Å²) in [6.45, 7) is 14.2. The van der Waals surface area contributed by atoms with Crippen molar-refractivity contribution in [1.82, 2.24) is 10.2 Å². The van der Waals surface area contributed by atoms with E-state index in [9.17, 15) is 9.59 Å². The molecule has 1 fully saturated rings. The molecule has 1 aliphatic rings. The van der Waals surface area contributed by atoms with E-state index in [1.165, 1.54) is 0 Å². The van der Waals surface area contributed by atoms with Gasteiger partial charge in [0.25, 0.3) is 0 Å². The Morgan fingerprint density at radius 1 is 1.30 bits per heavy atom. The number of nitrogens with zero attached hydrogens (tertiary/aromatic N) is 1. The van der Waals surface area contributed by atoms with Gasteiger partial charge in [-0.15, -0.1) is 0 Å². The average molecular weight is 324 g/mol. The van der Waals surface area contributed by atoms with Crippen molar-refractivity contribution >= 4 is 12.0 Å². The molecule has 1 rings (SSSR count). The summed E-state index contributed by atoms with van der Waals surface area (Å²) in [7, 11) is 1.82. The van der Waals surface area contributed by atoms with E-state index >= 15 is 0 Å². The van der Waals surface area contributed by atoms with Crippen LogP contribution in [-0.2, 0) is 9.53 Å². The van der Waals surface area contributed by atoms with Crippen LogP contribution in [0.15, 0.2) is 12.2 Å². The minimum atomic E-state index is -0.533. The molecule has 2 amide bonds. The van der Waals surface area contributed by atoms with E-state index in [1.54, 1.807) is 4.90 Å². The van der Waals surface area contributed by atoms with Gasteiger partial charge in [-0.1, -0.05) is 12.2 Å². The van der Waals surface area contributed by atoms with Crippen molar-refractivity contribution in [3.8, 4) is 0 Å². The van der Waals surface area contributed by atoms with Gasteiger partial charge < -0.3 is 15.0 Å². The summed E-state index contributed by atoms with van der Waals surface area (Å²) in [6, 6.07) is -0.102. The van der Waals surface area contributed by atoms with Crippen molar-refractivity contribution in [2.45, 2.75) is 65.5 Å². The lowest BCUT2D eigenvalue weighted by Gasteiger charge is -2.37. The topological polar surface area (TPSA) is 58.6 Å². The van der Waals surface area contributed by atoms with Crippen LogP contribution < -0.4 is 5.32 Å². The zero-order valence-electron chi connectivity index (χ0n) is 15.4. The van der Waals surface area contributed by atoms with E-state index in [0.717, 1.165) is 18.4 Å². The summed E-state index contributed by atoms with van der Waals surface area (Å²) in [5.41, 5.74) is 0.510. The molecule has 0 bridgehead atoms. The Bertz CT molecular complexity index is 454. The lowest BCUT2D eigenvalue weighted by atomic mass is 9.75. The van der Waals surface area contributed by atoms with Gasteiger partial charge in [0.2, 0.25) is 5.91 Å². The fraction of sp³-hybridized carbons (Fsp3) is 0.778. The fourth-order valence-corrected chi connectivity index (χ4v) is 3.07. The number of amides is 2. The van der Waals surface area contributed by atoms with Crippen molar-refractivity contribution < 1.29 is 14.3 Å². The summed E-state index contributed by atoms with van der Waals surface area (Å²) in [4.78, 5) is 26.3. The zero-order valence-corrected chi connectivity index (χ0v) is 15.4. The number of carbonyl (C=O) groups is 2. The van der Waals surface area contributed by atoms with Crippen LogP contribution in [0.25, 0.3) is 0 Å². The fourth-order valence-electron chi connectivity index (χ4n) is 3.07. The third-order valence-corrected chi connectivity index (χ3v) is 4.39. The molecule has 132 valence electrons. The Hall–Kier alpha value is -1.52. The molecule has 0 saturated heterocycles. The van der Waals surface area contributed by atoms with Crippen molar-refractivity contribution in [1.29, 1.82) is 0 Å². The minimum absolute atomic E-state index is 0.0458. The van der Waals surface area contributed by atoms with Gasteiger partial charge in [-0.3, -0.25) is 4.79 Å². The summed E-state index contributed by atoms with van der Waals surface area (Å²) in [5, 5.41) is 2.96. The van der Waals surface area contributed by atoms with E-state index in [0.29, 0.717) is 13.0 Å². The molecule has 5 nitrogen and oxygen atoms in total. The highest BCUT2D eigenvalue weighted by Crippen LogP contribution is 2.34. The molecule has 1 N–H and O–H groups in total. The molecule has 23 heavy (non-hydrogen) atoms. The summed E-state index contributed by atoms with van der Waals surface area (Å²) < 4.78 is 5.36. The molecular weight excluding hydrogens is 292 g/mol. The van der Waals surface area contributed by atoms with Crippen LogP contribution in [0.4, 0.5) is 4.79 Å². The highest BCUT2D eigenvalue weighted by molar-refractivity contribution is 5.79. The summed E-state index contributed by atoms with van der Waals surface area (Å²) >= 11 is 0. The van der Waals surface area contributed by atoms with Crippen molar-refractivity contribution in [2.24, 2.45) is 11.8 Å². The van der Waals surface area contributed by atoms with Gasteiger partial charge in [-0.25, -0.2) is 4.79 Å². The van der Waals surface area contributed by atoms with Crippen LogP contribution in [0.5, 0.6) is 0 Å². The van der Waals surface area contributed by atoms with E-state index < -0.39 is 11.7 Å². The Balaban J connectivity index is 2.79. The second kappa shape index (κ2) is 7.84. The average Bonchev–Trinajstić information content (AvgIpc) is 2.43. The molecule has 0 aliphatic heterocycles. The smallest absolute Gasteiger partial charge is 0.407 e. The molecule has 0 spiro atoms. The summed E-state index contributed by atoms with van der Waals surface area (Å²) in [6.07, 6.45) is 1.92. The highest BCUT2D eigenvalue weighted by Gasteiger charge is 2.36. The van der Waals surface area contributed by atoms with E-state index in [-0.39, 0.29) is 23.8 Å². The van der Waals surface area contributed by atoms with Gasteiger partial charge in [-0.05, 0) is 59.8 Å². The quantitative estimate of drug-likeness (QED) is 0.807. The first-order valence-electron chi connectivity index (χ1n) is 8.45. The maximum absolute atomic E-state index is 12.4. The summed E-state index contributed by atoms with van der Waals surface area (Å²) in [5.74, 6) is 0.303. The van der Waals surface area contributed by atoms with Crippen LogP contribution in [0.1, 0.15) is 53.9 Å². The number of rotatable bonds is 4. The normalized spacial score (nSPS) is 24.7. The van der Waals surface area contributed by atoms with Gasteiger partial charge in [0, 0.05) is 25.6 Å². The molecule has 1 aliphatic carbocycles. The maximum Gasteiger partial charge on any atom is 0.407 e. The largest absolute Gasteiger partial charge is 0.444 e. The van der Waals surface area contributed by atoms with Crippen molar-refractivity contribution in [2.75, 3.05) is 13.6 Å². The second-order valence-corrected chi connectivity index (χ2v) is 7.57. The van der Waals surface area contributed by atoms with Crippen LogP contribution in [0.3, 0.4) is 0 Å². The third kappa shape index (κ3) is 5.88. The van der Waals surface area contributed by atoms with Crippen LogP contribution in [0.2, 0.25) is 0 Å². The lowest BCUT2D eigenvalue weighted by Crippen LogP contribution is -2.48. The number of nitrogens with one attached hydrogen (secondary N) is 1. The standard InChI is InChI=1S/C18H32N2O3/c1-8-20(7)16(21)13-9-10-14(12(2)3)15(11-13)19-17(22)23-18(4,5)6/h13-15H,2,8-11H2,1,3-7H3,(H,19,22)/t13-,14+,15+/m0/s1. The minimum Gasteiger partial charge on any atom is -0.444 e. The molecular formula is C18H32N2O3. The van der Waals surface area contributed by atoms with E-state index in [1.807, 2.05) is 41.7 Å². The zero-order chi connectivity index (χ0) is 17.8. The number of alkyl carbamates (subject to hydrolysis) is 1. The predicted octanol–water partition coefficient (Wildman–Crippen LogP) is 3.35. The molecule has 0 aromatic rings. The molecule has 0 aromatic carbocycles. The maximum atomic E-state index is 12.4. The van der Waals surface area contributed by atoms with Crippen LogP contribution in [-0.4, -0.2) is 42.1 Å². The molecule has 0 aromatic heterocycles. The Labute approximate surface area is 140 Å².